The number of rotatable bonds is 10. The second-order valence-electron chi connectivity index (χ2n) is 9.58. The van der Waals surface area contributed by atoms with Gasteiger partial charge in [0, 0.05) is 17.3 Å². The van der Waals surface area contributed by atoms with Crippen molar-refractivity contribution >= 4 is 28.5 Å². The van der Waals surface area contributed by atoms with Crippen LogP contribution in [-0.2, 0) is 16.1 Å². The summed E-state index contributed by atoms with van der Waals surface area (Å²) in [5.74, 6) is 0.315. The number of carbonyl (C=O) groups is 2. The van der Waals surface area contributed by atoms with Crippen LogP contribution in [0.1, 0.15) is 38.8 Å². The molecule has 0 radical (unpaired) electrons. The van der Waals surface area contributed by atoms with Crippen LogP contribution in [0.25, 0.3) is 11.0 Å². The number of benzene rings is 3. The number of aromatic nitrogens is 3. The van der Waals surface area contributed by atoms with Gasteiger partial charge < -0.3 is 14.8 Å². The first-order valence-corrected chi connectivity index (χ1v) is 12.5. The van der Waals surface area contributed by atoms with Gasteiger partial charge >= 0.3 is 0 Å². The van der Waals surface area contributed by atoms with Crippen LogP contribution >= 0.6 is 0 Å². The quantitative estimate of drug-likeness (QED) is 0.333. The number of carbonyl (C=O) groups excluding carboxylic acids is 2. The highest BCUT2D eigenvalue weighted by molar-refractivity contribution is 6.02. The van der Waals surface area contributed by atoms with E-state index in [-0.39, 0.29) is 18.4 Å². The second kappa shape index (κ2) is 11.3. The van der Waals surface area contributed by atoms with Crippen molar-refractivity contribution in [1.82, 2.24) is 20.3 Å². The van der Waals surface area contributed by atoms with Crippen molar-refractivity contribution in [1.29, 1.82) is 0 Å². The summed E-state index contributed by atoms with van der Waals surface area (Å²) in [6.45, 7) is 5.79. The van der Waals surface area contributed by atoms with E-state index in [4.69, 9.17) is 9.47 Å². The summed E-state index contributed by atoms with van der Waals surface area (Å²) in [7, 11) is 3.07. The lowest BCUT2D eigenvalue weighted by Crippen LogP contribution is -2.51. The molecule has 1 heterocycles. The lowest BCUT2D eigenvalue weighted by Gasteiger charge is -2.35. The molecule has 0 bridgehead atoms. The normalized spacial score (nSPS) is 12.1. The van der Waals surface area contributed by atoms with Crippen LogP contribution in [0, 0.1) is 0 Å². The minimum Gasteiger partial charge on any atom is -0.493 e. The fraction of sp³-hybridized carbons (Fsp3) is 0.310. The molecule has 1 aromatic heterocycles. The minimum absolute atomic E-state index is 0.122. The molecular formula is C29H33N5O4. The Morgan fingerprint density at radius 3 is 2.34 bits per heavy atom. The van der Waals surface area contributed by atoms with E-state index < -0.39 is 11.6 Å². The number of hydrogen-bond acceptors (Lipinski definition) is 6. The third-order valence-electron chi connectivity index (χ3n) is 6.59. The zero-order valence-corrected chi connectivity index (χ0v) is 22.3. The number of nitrogens with one attached hydrogen (secondary N) is 1. The molecule has 0 fully saturated rings. The molecule has 0 aliphatic rings. The van der Waals surface area contributed by atoms with Crippen LogP contribution in [0.4, 0.5) is 5.69 Å². The van der Waals surface area contributed by atoms with Crippen molar-refractivity contribution < 1.29 is 19.1 Å². The molecule has 0 spiro atoms. The number of fused-ring (bicyclic) bond motifs is 1. The molecular weight excluding hydrogens is 482 g/mol. The van der Waals surface area contributed by atoms with Crippen LogP contribution in [-0.4, -0.2) is 46.6 Å². The predicted octanol–water partition coefficient (Wildman–Crippen LogP) is 4.53. The fourth-order valence-electron chi connectivity index (χ4n) is 4.19. The summed E-state index contributed by atoms with van der Waals surface area (Å²) >= 11 is 0. The van der Waals surface area contributed by atoms with Gasteiger partial charge in [-0.15, -0.1) is 5.10 Å². The Hall–Kier alpha value is -4.40. The Labute approximate surface area is 222 Å². The molecule has 4 rings (SSSR count). The summed E-state index contributed by atoms with van der Waals surface area (Å²) in [5, 5.41) is 11.5. The summed E-state index contributed by atoms with van der Waals surface area (Å²) < 4.78 is 12.5. The Morgan fingerprint density at radius 1 is 0.974 bits per heavy atom. The lowest BCUT2D eigenvalue weighted by atomic mass is 9.98. The molecule has 9 nitrogen and oxygen atoms in total. The average Bonchev–Trinajstić information content (AvgIpc) is 3.33. The maximum Gasteiger partial charge on any atom is 0.249 e. The van der Waals surface area contributed by atoms with Gasteiger partial charge in [-0.3, -0.25) is 14.5 Å². The molecule has 3 aromatic carbocycles. The molecule has 0 saturated carbocycles. The van der Waals surface area contributed by atoms with Crippen molar-refractivity contribution in [3.8, 4) is 11.5 Å². The summed E-state index contributed by atoms with van der Waals surface area (Å²) in [4.78, 5) is 29.6. The van der Waals surface area contributed by atoms with Crippen LogP contribution < -0.4 is 19.7 Å². The zero-order chi connectivity index (χ0) is 27.3. The van der Waals surface area contributed by atoms with Gasteiger partial charge in [0.2, 0.25) is 11.8 Å². The Balaban J connectivity index is 1.85. The van der Waals surface area contributed by atoms with E-state index in [1.54, 1.807) is 30.0 Å². The largest absolute Gasteiger partial charge is 0.493 e. The molecule has 2 amide bonds. The number of amides is 2. The summed E-state index contributed by atoms with van der Waals surface area (Å²) in [5.41, 5.74) is 2.08. The van der Waals surface area contributed by atoms with Crippen LogP contribution in [0.15, 0.2) is 72.8 Å². The maximum atomic E-state index is 14.1. The number of anilines is 1. The number of methoxy groups -OCH3 is 2. The van der Waals surface area contributed by atoms with E-state index in [2.05, 4.69) is 15.6 Å². The van der Waals surface area contributed by atoms with E-state index in [0.717, 1.165) is 11.9 Å². The molecule has 198 valence electrons. The third kappa shape index (κ3) is 5.61. The number of ether oxygens (including phenoxy) is 2. The van der Waals surface area contributed by atoms with Gasteiger partial charge in [-0.25, -0.2) is 4.68 Å². The van der Waals surface area contributed by atoms with Gasteiger partial charge in [0.25, 0.3) is 0 Å². The average molecular weight is 516 g/mol. The van der Waals surface area contributed by atoms with E-state index in [9.17, 15) is 9.59 Å². The molecule has 9 heteroatoms. The second-order valence-corrected chi connectivity index (χ2v) is 9.58. The van der Waals surface area contributed by atoms with E-state index in [1.165, 1.54) is 12.0 Å². The van der Waals surface area contributed by atoms with Crippen LogP contribution in [0.5, 0.6) is 11.5 Å². The van der Waals surface area contributed by atoms with Gasteiger partial charge in [0.15, 0.2) is 11.5 Å². The highest BCUT2D eigenvalue weighted by Gasteiger charge is 2.35. The van der Waals surface area contributed by atoms with Crippen molar-refractivity contribution in [2.24, 2.45) is 0 Å². The molecule has 1 atom stereocenters. The molecule has 4 aromatic rings. The lowest BCUT2D eigenvalue weighted by molar-refractivity contribution is -0.128. The highest BCUT2D eigenvalue weighted by Crippen LogP contribution is 2.36. The van der Waals surface area contributed by atoms with Crippen molar-refractivity contribution in [3.05, 3.63) is 78.4 Å². The van der Waals surface area contributed by atoms with Crippen molar-refractivity contribution in [3.63, 3.8) is 0 Å². The van der Waals surface area contributed by atoms with E-state index >= 15 is 0 Å². The van der Waals surface area contributed by atoms with Crippen molar-refractivity contribution in [2.75, 3.05) is 19.1 Å². The van der Waals surface area contributed by atoms with Gasteiger partial charge in [0.05, 0.1) is 19.7 Å². The topological polar surface area (TPSA) is 98.6 Å². The van der Waals surface area contributed by atoms with Crippen LogP contribution in [0.2, 0.25) is 0 Å². The van der Waals surface area contributed by atoms with Gasteiger partial charge in [-0.1, -0.05) is 54.6 Å². The predicted molar refractivity (Wildman–Crippen MR) is 146 cm³/mol. The number of hydrogen-bond donors (Lipinski definition) is 1. The highest BCUT2D eigenvalue weighted by atomic mass is 16.5. The minimum atomic E-state index is -0.956. The third-order valence-corrected chi connectivity index (χ3v) is 6.59. The molecule has 38 heavy (non-hydrogen) atoms. The molecule has 0 saturated heterocycles. The SMILES string of the molecule is CCC(C)(C)NC(=O)C(c1ccccc1)N(C(=O)Cn1nnc2ccccc21)c1ccc(OC)c(OC)c1. The monoisotopic (exact) mass is 515 g/mol. The summed E-state index contributed by atoms with van der Waals surface area (Å²) in [6, 6.07) is 20.9. The van der Waals surface area contributed by atoms with E-state index in [1.807, 2.05) is 75.4 Å². The molecule has 0 aliphatic heterocycles. The van der Waals surface area contributed by atoms with Gasteiger partial charge in [-0.05, 0) is 50.1 Å². The van der Waals surface area contributed by atoms with Crippen LogP contribution in [0.3, 0.4) is 0 Å². The first-order valence-electron chi connectivity index (χ1n) is 12.5. The summed E-state index contributed by atoms with van der Waals surface area (Å²) in [6.07, 6.45) is 0.718. The standard InChI is InChI=1S/C29H33N5O4/c1-6-29(2,3)30-28(36)27(20-12-8-7-9-13-20)34(21-16-17-24(37-4)25(18-21)38-5)26(35)19-33-23-15-11-10-14-22(23)31-32-33/h7-18,27H,6,19H2,1-5H3,(H,30,36). The molecule has 0 aliphatic carbocycles. The molecule has 1 N–H and O–H groups in total. The van der Waals surface area contributed by atoms with Crippen molar-refractivity contribution in [2.45, 2.75) is 45.3 Å². The van der Waals surface area contributed by atoms with Gasteiger partial charge in [0.1, 0.15) is 18.1 Å². The Bertz CT molecular complexity index is 1420. The smallest absolute Gasteiger partial charge is 0.249 e. The number of nitrogens with zero attached hydrogens (tertiary/aromatic N) is 4. The zero-order valence-electron chi connectivity index (χ0n) is 22.3. The Kier molecular flexibility index (Phi) is 7.95. The number of para-hydroxylation sites is 1. The first-order chi connectivity index (χ1) is 18.3. The fourth-order valence-corrected chi connectivity index (χ4v) is 4.19. The molecule has 1 unspecified atom stereocenters. The first kappa shape index (κ1) is 26.7. The Morgan fingerprint density at radius 2 is 1.66 bits per heavy atom. The van der Waals surface area contributed by atoms with Gasteiger partial charge in [-0.2, -0.15) is 0 Å². The van der Waals surface area contributed by atoms with E-state index in [0.29, 0.717) is 28.3 Å². The maximum absolute atomic E-state index is 14.1.